The second-order valence-electron chi connectivity index (χ2n) is 6.80. The number of anilines is 1. The molecule has 29 heavy (non-hydrogen) atoms. The fourth-order valence-electron chi connectivity index (χ4n) is 3.32. The lowest BCUT2D eigenvalue weighted by molar-refractivity contribution is -0.119. The number of carbonyl (C=O) groups is 1. The Labute approximate surface area is 182 Å². The standard InChI is InChI=1S/C19H17Cl2N3O3S2/c1-11-4-6-12(7-5-11)29(26,27)24-10-2-3-15(24)18(25)23-19-22-16-13(20)8-9-14(21)17(16)28-19/h4-9,15H,2-3,10H2,1H3,(H,22,23,25). The molecule has 0 spiro atoms. The maximum absolute atomic E-state index is 13.0. The number of nitrogens with one attached hydrogen (secondary N) is 1. The summed E-state index contributed by atoms with van der Waals surface area (Å²) in [4.78, 5) is 17.4. The molecule has 0 saturated carbocycles. The van der Waals surface area contributed by atoms with Crippen LogP contribution in [0.4, 0.5) is 5.13 Å². The molecule has 2 heterocycles. The number of nitrogens with zero attached hydrogens (tertiary/aromatic N) is 2. The Morgan fingerprint density at radius 3 is 2.55 bits per heavy atom. The van der Waals surface area contributed by atoms with Crippen LogP contribution >= 0.6 is 34.5 Å². The minimum atomic E-state index is -3.77. The van der Waals surface area contributed by atoms with Crippen molar-refractivity contribution >= 4 is 65.8 Å². The highest BCUT2D eigenvalue weighted by atomic mass is 35.5. The Bertz CT molecular complexity index is 1150. The highest BCUT2D eigenvalue weighted by molar-refractivity contribution is 7.89. The average molecular weight is 470 g/mol. The van der Waals surface area contributed by atoms with Gasteiger partial charge in [0, 0.05) is 6.54 Å². The zero-order valence-electron chi connectivity index (χ0n) is 15.4. The molecule has 1 N–H and O–H groups in total. The van der Waals surface area contributed by atoms with Crippen molar-refractivity contribution in [1.82, 2.24) is 9.29 Å². The van der Waals surface area contributed by atoms with Crippen LogP contribution in [0, 0.1) is 6.92 Å². The van der Waals surface area contributed by atoms with E-state index in [0.29, 0.717) is 44.8 Å². The molecule has 1 unspecified atom stereocenters. The van der Waals surface area contributed by atoms with Gasteiger partial charge < -0.3 is 5.32 Å². The molecule has 1 saturated heterocycles. The molecule has 3 aromatic rings. The molecule has 0 aliphatic carbocycles. The van der Waals surface area contributed by atoms with E-state index in [2.05, 4.69) is 10.3 Å². The number of sulfonamides is 1. The van der Waals surface area contributed by atoms with Gasteiger partial charge in [0.05, 0.1) is 19.6 Å². The number of hydrogen-bond acceptors (Lipinski definition) is 5. The summed E-state index contributed by atoms with van der Waals surface area (Å²) in [6.07, 6.45) is 1.06. The summed E-state index contributed by atoms with van der Waals surface area (Å²) in [5.74, 6) is -0.413. The molecule has 1 aliphatic rings. The molecule has 1 amide bonds. The number of aryl methyl sites for hydroxylation is 1. The number of rotatable bonds is 4. The molecule has 2 aromatic carbocycles. The second kappa shape index (κ2) is 7.85. The number of fused-ring (bicyclic) bond motifs is 1. The van der Waals surface area contributed by atoms with Gasteiger partial charge in [-0.15, -0.1) is 0 Å². The van der Waals surface area contributed by atoms with E-state index in [0.717, 1.165) is 5.56 Å². The number of halogens is 2. The summed E-state index contributed by atoms with van der Waals surface area (Å²) in [6.45, 7) is 2.19. The first-order valence-corrected chi connectivity index (χ1v) is 11.9. The normalized spacial score (nSPS) is 17.7. The first-order chi connectivity index (χ1) is 13.8. The third kappa shape index (κ3) is 3.87. The molecule has 1 aromatic heterocycles. The van der Waals surface area contributed by atoms with E-state index in [1.54, 1.807) is 36.4 Å². The van der Waals surface area contributed by atoms with Crippen LogP contribution in [-0.4, -0.2) is 36.2 Å². The molecule has 6 nitrogen and oxygen atoms in total. The maximum Gasteiger partial charge on any atom is 0.244 e. The Morgan fingerprint density at radius 2 is 1.86 bits per heavy atom. The van der Waals surface area contributed by atoms with Gasteiger partial charge in [-0.1, -0.05) is 52.2 Å². The summed E-state index contributed by atoms with van der Waals surface area (Å²) < 4.78 is 28.0. The smallest absolute Gasteiger partial charge is 0.244 e. The Balaban J connectivity index is 1.59. The van der Waals surface area contributed by atoms with Gasteiger partial charge in [0.25, 0.3) is 0 Å². The Morgan fingerprint density at radius 1 is 1.17 bits per heavy atom. The van der Waals surface area contributed by atoms with Crippen LogP contribution in [0.2, 0.25) is 10.0 Å². The second-order valence-corrected chi connectivity index (χ2v) is 10.5. The van der Waals surface area contributed by atoms with Crippen molar-refractivity contribution in [1.29, 1.82) is 0 Å². The van der Waals surface area contributed by atoms with Crippen molar-refractivity contribution in [3.63, 3.8) is 0 Å². The summed E-state index contributed by atoms with van der Waals surface area (Å²) >= 11 is 13.5. The molecule has 10 heteroatoms. The third-order valence-electron chi connectivity index (χ3n) is 4.81. The average Bonchev–Trinajstić information content (AvgIpc) is 3.33. The highest BCUT2D eigenvalue weighted by Gasteiger charge is 2.39. The minimum Gasteiger partial charge on any atom is -0.301 e. The van der Waals surface area contributed by atoms with E-state index in [4.69, 9.17) is 23.2 Å². The Hall–Kier alpha value is -1.71. The van der Waals surface area contributed by atoms with Gasteiger partial charge in [0.15, 0.2) is 5.13 Å². The topological polar surface area (TPSA) is 79.4 Å². The lowest BCUT2D eigenvalue weighted by atomic mass is 10.2. The predicted octanol–water partition coefficient (Wildman–Crippen LogP) is 4.70. The van der Waals surface area contributed by atoms with E-state index in [9.17, 15) is 13.2 Å². The van der Waals surface area contributed by atoms with Crippen molar-refractivity contribution in [2.45, 2.75) is 30.7 Å². The van der Waals surface area contributed by atoms with Gasteiger partial charge in [0.1, 0.15) is 11.6 Å². The molecule has 152 valence electrons. The van der Waals surface area contributed by atoms with Crippen LogP contribution < -0.4 is 5.32 Å². The minimum absolute atomic E-state index is 0.182. The van der Waals surface area contributed by atoms with Crippen LogP contribution in [0.5, 0.6) is 0 Å². The van der Waals surface area contributed by atoms with Crippen molar-refractivity contribution in [2.24, 2.45) is 0 Å². The lowest BCUT2D eigenvalue weighted by Gasteiger charge is -2.23. The number of carbonyl (C=O) groups excluding carboxylic acids is 1. The molecule has 0 bridgehead atoms. The summed E-state index contributed by atoms with van der Waals surface area (Å²) in [5.41, 5.74) is 1.47. The van der Waals surface area contributed by atoms with E-state index in [1.807, 2.05) is 6.92 Å². The summed E-state index contributed by atoms with van der Waals surface area (Å²) in [6, 6.07) is 9.14. The molecule has 1 aliphatic heterocycles. The van der Waals surface area contributed by atoms with Gasteiger partial charge in [-0.3, -0.25) is 4.79 Å². The highest BCUT2D eigenvalue weighted by Crippen LogP contribution is 2.36. The summed E-state index contributed by atoms with van der Waals surface area (Å²) in [7, 11) is -3.77. The molecule has 1 fully saturated rings. The van der Waals surface area contributed by atoms with Gasteiger partial charge in [-0.25, -0.2) is 13.4 Å². The van der Waals surface area contributed by atoms with Crippen LogP contribution in [0.3, 0.4) is 0 Å². The molecule has 0 radical (unpaired) electrons. The van der Waals surface area contributed by atoms with Crippen LogP contribution in [0.25, 0.3) is 10.2 Å². The van der Waals surface area contributed by atoms with Crippen molar-refractivity contribution in [3.05, 3.63) is 52.0 Å². The zero-order valence-corrected chi connectivity index (χ0v) is 18.5. The van der Waals surface area contributed by atoms with Crippen LogP contribution in [0.1, 0.15) is 18.4 Å². The largest absolute Gasteiger partial charge is 0.301 e. The third-order valence-corrected chi connectivity index (χ3v) is 8.47. The first kappa shape index (κ1) is 20.6. The van der Waals surface area contributed by atoms with Crippen LogP contribution in [-0.2, 0) is 14.8 Å². The molecular formula is C19H17Cl2N3O3S2. The van der Waals surface area contributed by atoms with Crippen molar-refractivity contribution in [2.75, 3.05) is 11.9 Å². The van der Waals surface area contributed by atoms with E-state index < -0.39 is 22.0 Å². The van der Waals surface area contributed by atoms with Gasteiger partial charge >= 0.3 is 0 Å². The number of benzene rings is 2. The lowest BCUT2D eigenvalue weighted by Crippen LogP contribution is -2.43. The van der Waals surface area contributed by atoms with Gasteiger partial charge in [-0.05, 0) is 44.0 Å². The maximum atomic E-state index is 13.0. The zero-order chi connectivity index (χ0) is 20.8. The van der Waals surface area contributed by atoms with E-state index in [-0.39, 0.29) is 4.90 Å². The molecular weight excluding hydrogens is 453 g/mol. The summed E-state index contributed by atoms with van der Waals surface area (Å²) in [5, 5.41) is 4.00. The SMILES string of the molecule is Cc1ccc(S(=O)(=O)N2CCCC2C(=O)Nc2nc3c(Cl)ccc(Cl)c3s2)cc1. The quantitative estimate of drug-likeness (QED) is 0.600. The van der Waals surface area contributed by atoms with E-state index in [1.165, 1.54) is 15.6 Å². The fourth-order valence-corrected chi connectivity index (χ4v) is 6.40. The predicted molar refractivity (Wildman–Crippen MR) is 116 cm³/mol. The number of amides is 1. The van der Waals surface area contributed by atoms with Crippen LogP contribution in [0.15, 0.2) is 41.3 Å². The molecule has 1 atom stereocenters. The van der Waals surface area contributed by atoms with Crippen molar-refractivity contribution in [3.8, 4) is 0 Å². The first-order valence-electron chi connectivity index (χ1n) is 8.91. The Kier molecular flexibility index (Phi) is 5.56. The number of hydrogen-bond donors (Lipinski definition) is 1. The fraction of sp³-hybridized carbons (Fsp3) is 0.263. The van der Waals surface area contributed by atoms with Crippen molar-refractivity contribution < 1.29 is 13.2 Å². The number of thiazole rings is 1. The monoisotopic (exact) mass is 469 g/mol. The number of aromatic nitrogens is 1. The van der Waals surface area contributed by atoms with Gasteiger partial charge in [0.2, 0.25) is 15.9 Å². The van der Waals surface area contributed by atoms with Gasteiger partial charge in [-0.2, -0.15) is 4.31 Å². The molecule has 4 rings (SSSR count). The van der Waals surface area contributed by atoms with E-state index >= 15 is 0 Å².